The average molecular weight is 457 g/mol. The van der Waals surface area contributed by atoms with E-state index in [0.29, 0.717) is 11.0 Å². The van der Waals surface area contributed by atoms with Crippen molar-refractivity contribution in [2.24, 2.45) is 0 Å². The maximum atomic E-state index is 12.3. The number of benzene rings is 2. The Labute approximate surface area is 197 Å². The topological polar surface area (TPSA) is 72.8 Å². The average Bonchev–Trinajstić information content (AvgIpc) is 2.78. The Kier molecular flexibility index (Phi) is 9.47. The summed E-state index contributed by atoms with van der Waals surface area (Å²) >= 11 is 0. The first kappa shape index (κ1) is 26.4. The zero-order chi connectivity index (χ0) is 24.6. The molecule has 1 unspecified atom stereocenters. The maximum absolute atomic E-state index is 12.3. The predicted molar refractivity (Wildman–Crippen MR) is 129 cm³/mol. The molecule has 0 radical (unpaired) electrons. The van der Waals surface area contributed by atoms with Crippen LogP contribution in [0, 0.1) is 0 Å². The van der Waals surface area contributed by atoms with E-state index < -0.39 is 0 Å². The number of rotatable bonds is 11. The maximum Gasteiger partial charge on any atom is 0.361 e. The van der Waals surface area contributed by atoms with Gasteiger partial charge in [0.2, 0.25) is 0 Å². The van der Waals surface area contributed by atoms with Gasteiger partial charge in [-0.05, 0) is 51.0 Å². The number of esters is 2. The zero-order valence-corrected chi connectivity index (χ0v) is 20.7. The van der Waals surface area contributed by atoms with Crippen LogP contribution in [0.2, 0.25) is 0 Å². The number of quaternary nitrogens is 1. The molecule has 180 valence electrons. The molecule has 1 atom stereocenters. The van der Waals surface area contributed by atoms with Crippen LogP contribution in [0.15, 0.2) is 48.5 Å². The summed E-state index contributed by atoms with van der Waals surface area (Å²) < 4.78 is 10.8. The van der Waals surface area contributed by atoms with Crippen molar-refractivity contribution in [1.82, 2.24) is 0 Å². The van der Waals surface area contributed by atoms with Gasteiger partial charge in [0.05, 0.1) is 25.7 Å². The molecule has 0 spiro atoms. The molecule has 0 amide bonds. The van der Waals surface area contributed by atoms with Crippen molar-refractivity contribution in [2.75, 3.05) is 20.2 Å². The number of phenolic OH excluding ortho intramolecular Hbond substituents is 1. The summed E-state index contributed by atoms with van der Waals surface area (Å²) in [6.07, 6.45) is 0.724. The smallest absolute Gasteiger partial charge is 0.361 e. The van der Waals surface area contributed by atoms with Crippen LogP contribution in [-0.4, -0.2) is 53.8 Å². The Morgan fingerprint density at radius 1 is 1.00 bits per heavy atom. The van der Waals surface area contributed by atoms with Gasteiger partial charge in [-0.1, -0.05) is 36.4 Å². The predicted octanol–water partition coefficient (Wildman–Crippen LogP) is 4.78. The molecule has 2 aromatic rings. The van der Waals surface area contributed by atoms with E-state index in [4.69, 9.17) is 9.47 Å². The molecule has 33 heavy (non-hydrogen) atoms. The summed E-state index contributed by atoms with van der Waals surface area (Å²) in [5.74, 6) is -0.449. The molecule has 0 heterocycles. The molecule has 0 fully saturated rings. The van der Waals surface area contributed by atoms with Gasteiger partial charge in [0.1, 0.15) is 12.4 Å². The number of carbonyl (C=O) groups is 2. The minimum atomic E-state index is -0.344. The van der Waals surface area contributed by atoms with Crippen LogP contribution in [0.4, 0.5) is 0 Å². The van der Waals surface area contributed by atoms with E-state index in [0.717, 1.165) is 29.7 Å². The molecule has 0 aromatic heterocycles. The largest absolute Gasteiger partial charge is 0.508 e. The molecule has 6 nitrogen and oxygen atoms in total. The molecule has 2 aromatic carbocycles. The Bertz CT molecular complexity index is 915. The van der Waals surface area contributed by atoms with Crippen LogP contribution in [0.5, 0.6) is 5.75 Å². The molecule has 0 saturated heterocycles. The molecule has 2 rings (SSSR count). The van der Waals surface area contributed by atoms with Crippen LogP contribution in [0.1, 0.15) is 63.6 Å². The van der Waals surface area contributed by atoms with Crippen molar-refractivity contribution in [3.05, 3.63) is 65.2 Å². The number of phenols is 1. The summed E-state index contributed by atoms with van der Waals surface area (Å²) in [6.45, 7) is 11.1. The monoisotopic (exact) mass is 456 g/mol. The molecule has 6 heteroatoms. The lowest BCUT2D eigenvalue weighted by molar-refractivity contribution is -0.960. The van der Waals surface area contributed by atoms with Gasteiger partial charge in [-0.3, -0.25) is 4.79 Å². The molecule has 0 aliphatic rings. The molecular weight excluding hydrogens is 418 g/mol. The summed E-state index contributed by atoms with van der Waals surface area (Å²) in [6, 6.07) is 15.8. The van der Waals surface area contributed by atoms with Crippen LogP contribution >= 0.6 is 0 Å². The highest BCUT2D eigenvalue weighted by molar-refractivity contribution is 5.70. The van der Waals surface area contributed by atoms with Crippen LogP contribution in [0.25, 0.3) is 0 Å². The second-order valence-electron chi connectivity index (χ2n) is 9.17. The standard InChI is InChI=1S/C27H37NO5/c1-19(2)28(20(3)4,17-27(31)32-6)15-14-24(23-10-8-7-9-11-23)25-16-22(12-13-26(25)30)18-33-21(5)29/h7-13,16,19-20,24H,14-15,17-18H2,1-6H3/p+1. The van der Waals surface area contributed by atoms with Gasteiger partial charge in [0.15, 0.2) is 6.54 Å². The van der Waals surface area contributed by atoms with Gasteiger partial charge in [0, 0.05) is 24.8 Å². The SMILES string of the molecule is COC(=O)C[N+](CCC(c1ccccc1)c1cc(COC(C)=O)ccc1O)(C(C)C)C(C)C. The lowest BCUT2D eigenvalue weighted by atomic mass is 9.86. The summed E-state index contributed by atoms with van der Waals surface area (Å²) in [7, 11) is 1.43. The lowest BCUT2D eigenvalue weighted by Crippen LogP contribution is -2.60. The summed E-state index contributed by atoms with van der Waals surface area (Å²) in [4.78, 5) is 23.6. The number of carbonyl (C=O) groups excluding carboxylic acids is 2. The minimum absolute atomic E-state index is 0.0869. The van der Waals surface area contributed by atoms with Gasteiger partial charge in [0.25, 0.3) is 0 Å². The first-order valence-electron chi connectivity index (χ1n) is 11.5. The molecular formula is C27H38NO5+. The number of nitrogens with zero attached hydrogens (tertiary/aromatic N) is 1. The summed E-state index contributed by atoms with van der Waals surface area (Å²) in [5, 5.41) is 10.8. The van der Waals surface area contributed by atoms with Gasteiger partial charge in [-0.2, -0.15) is 0 Å². The first-order chi connectivity index (χ1) is 15.6. The molecule has 1 N–H and O–H groups in total. The highest BCUT2D eigenvalue weighted by atomic mass is 16.5. The van der Waals surface area contributed by atoms with Crippen molar-refractivity contribution in [3.8, 4) is 5.75 Å². The fraction of sp³-hybridized carbons (Fsp3) is 0.481. The van der Waals surface area contributed by atoms with E-state index in [1.807, 2.05) is 24.3 Å². The van der Waals surface area contributed by atoms with Crippen LogP contribution in [-0.2, 0) is 25.7 Å². The first-order valence-corrected chi connectivity index (χ1v) is 11.5. The van der Waals surface area contributed by atoms with E-state index in [1.54, 1.807) is 12.1 Å². The van der Waals surface area contributed by atoms with Crippen molar-refractivity contribution in [2.45, 2.75) is 65.6 Å². The van der Waals surface area contributed by atoms with E-state index in [-0.39, 0.29) is 42.3 Å². The normalized spacial score (nSPS) is 12.6. The molecule has 0 aliphatic heterocycles. The van der Waals surface area contributed by atoms with E-state index in [2.05, 4.69) is 39.8 Å². The second-order valence-corrected chi connectivity index (χ2v) is 9.17. The summed E-state index contributed by atoms with van der Waals surface area (Å²) in [5.41, 5.74) is 2.69. The minimum Gasteiger partial charge on any atom is -0.508 e. The Balaban J connectivity index is 2.46. The highest BCUT2D eigenvalue weighted by Crippen LogP contribution is 2.36. The molecule has 0 saturated carbocycles. The van der Waals surface area contributed by atoms with Crippen LogP contribution < -0.4 is 0 Å². The van der Waals surface area contributed by atoms with E-state index in [1.165, 1.54) is 14.0 Å². The molecule has 0 aliphatic carbocycles. The van der Waals surface area contributed by atoms with E-state index >= 15 is 0 Å². The zero-order valence-electron chi connectivity index (χ0n) is 20.7. The van der Waals surface area contributed by atoms with E-state index in [9.17, 15) is 14.7 Å². The second kappa shape index (κ2) is 11.8. The fourth-order valence-corrected chi connectivity index (χ4v) is 4.58. The van der Waals surface area contributed by atoms with Gasteiger partial charge < -0.3 is 19.1 Å². The number of methoxy groups -OCH3 is 1. The quantitative estimate of drug-likeness (QED) is 0.389. The molecule has 0 bridgehead atoms. The van der Waals surface area contributed by atoms with Crippen LogP contribution in [0.3, 0.4) is 0 Å². The van der Waals surface area contributed by atoms with Gasteiger partial charge >= 0.3 is 11.9 Å². The van der Waals surface area contributed by atoms with Crippen molar-refractivity contribution < 1.29 is 28.7 Å². The van der Waals surface area contributed by atoms with Crippen molar-refractivity contribution in [1.29, 1.82) is 0 Å². The fourth-order valence-electron chi connectivity index (χ4n) is 4.58. The third-order valence-corrected chi connectivity index (χ3v) is 6.65. The van der Waals surface area contributed by atoms with Gasteiger partial charge in [-0.15, -0.1) is 0 Å². The Morgan fingerprint density at radius 3 is 2.18 bits per heavy atom. The number of ether oxygens (including phenoxy) is 2. The third kappa shape index (κ3) is 6.81. The number of hydrogen-bond donors (Lipinski definition) is 1. The highest BCUT2D eigenvalue weighted by Gasteiger charge is 2.38. The van der Waals surface area contributed by atoms with Crippen molar-refractivity contribution >= 4 is 11.9 Å². The third-order valence-electron chi connectivity index (χ3n) is 6.65. The lowest BCUT2D eigenvalue weighted by Gasteiger charge is -2.45. The number of hydrogen-bond acceptors (Lipinski definition) is 5. The number of aromatic hydroxyl groups is 1. The van der Waals surface area contributed by atoms with Crippen molar-refractivity contribution in [3.63, 3.8) is 0 Å². The van der Waals surface area contributed by atoms with Gasteiger partial charge in [-0.25, -0.2) is 4.79 Å². The Morgan fingerprint density at radius 2 is 1.64 bits per heavy atom. The Hall–Kier alpha value is -2.86.